The largest absolute Gasteiger partial charge is 0.465 e. The Kier molecular flexibility index (Phi) is 48.8. The molecule has 50 heteroatoms. The molecule has 1 aromatic carbocycles. The van der Waals surface area contributed by atoms with Gasteiger partial charge in [-0.05, 0) is 143 Å². The molecule has 3 aliphatic rings. The lowest BCUT2D eigenvalue weighted by molar-refractivity contribution is -0.140. The molecule has 0 aliphatic carbocycles. The first kappa shape index (κ1) is 117. The van der Waals surface area contributed by atoms with Crippen molar-refractivity contribution in [2.75, 3.05) is 174 Å². The van der Waals surface area contributed by atoms with Gasteiger partial charge in [-0.1, -0.05) is 53.2 Å². The van der Waals surface area contributed by atoms with Crippen LogP contribution in [0, 0.1) is 33.3 Å². The zero-order chi connectivity index (χ0) is 99.1. The number of aromatic amines is 2. The number of H-pyrrole nitrogens is 2. The van der Waals surface area contributed by atoms with Crippen molar-refractivity contribution in [1.29, 1.82) is 0 Å². The molecule has 0 radical (unpaired) electrons. The van der Waals surface area contributed by atoms with E-state index in [0.717, 1.165) is 77.1 Å². The molecule has 0 bridgehead atoms. The number of hydrogen-bond acceptors (Lipinski definition) is 29. The van der Waals surface area contributed by atoms with Gasteiger partial charge in [0.15, 0.2) is 18.7 Å². The van der Waals surface area contributed by atoms with Crippen LogP contribution >= 0.6 is 45.9 Å². The number of ether oxygens (including phenoxy) is 8. The average molecular weight is 2010 g/mol. The van der Waals surface area contributed by atoms with E-state index in [1.165, 1.54) is 33.2 Å². The van der Waals surface area contributed by atoms with Crippen molar-refractivity contribution in [2.24, 2.45) is 5.92 Å². The number of nitrogens with one attached hydrogen (secondary N) is 5. The van der Waals surface area contributed by atoms with E-state index in [0.29, 0.717) is 51.2 Å². The fourth-order valence-electron chi connectivity index (χ4n) is 12.6. The molecular weight excluding hydrogens is 1870 g/mol. The number of aliphatic hydroxyl groups is 2. The first-order valence-electron chi connectivity index (χ1n) is 41.4. The Morgan fingerprint density at radius 3 is 1.41 bits per heavy atom. The fourth-order valence-corrected chi connectivity index (χ4v) is 16.4. The summed E-state index contributed by atoms with van der Waals surface area (Å²) in [5.41, 5.74) is -14.0. The molecule has 3 amide bonds. The number of esters is 1. The van der Waals surface area contributed by atoms with Gasteiger partial charge in [-0.25, -0.2) is 30.2 Å². The van der Waals surface area contributed by atoms with Crippen LogP contribution < -0.4 is 49.7 Å². The van der Waals surface area contributed by atoms with Gasteiger partial charge in [0.05, 0.1) is 31.5 Å². The molecule has 3 saturated heterocycles. The number of carbonyl (C=O) groups excluding carboxylic acids is 4. The number of hydrogen-bond donors (Lipinski definition) is 7. The molecule has 6 heterocycles. The van der Waals surface area contributed by atoms with E-state index in [1.54, 1.807) is 13.8 Å². The van der Waals surface area contributed by atoms with Gasteiger partial charge in [0.1, 0.15) is 90.4 Å². The van der Waals surface area contributed by atoms with Gasteiger partial charge in [0, 0.05) is 119 Å². The Morgan fingerprint density at radius 1 is 0.608 bits per heavy atom. The topological polar surface area (TPSA) is 459 Å². The Hall–Kier alpha value is -6.79. The van der Waals surface area contributed by atoms with Crippen LogP contribution in [0.4, 0.5) is 26.3 Å². The van der Waals surface area contributed by atoms with Crippen molar-refractivity contribution in [1.82, 2.24) is 63.6 Å². The first-order chi connectivity index (χ1) is 60.4. The average Bonchev–Trinajstić information content (AvgIpc) is 1.64. The van der Waals surface area contributed by atoms with Gasteiger partial charge in [0.25, 0.3) is 42.2 Å². The molecule has 7 rings (SSSR count). The summed E-state index contributed by atoms with van der Waals surface area (Å²) in [4.78, 5) is 136. The van der Waals surface area contributed by atoms with E-state index < -0.39 is 211 Å². The molecule has 130 heavy (non-hydrogen) atoms. The van der Waals surface area contributed by atoms with Crippen LogP contribution in [-0.2, 0) is 93.2 Å². The smallest absolute Gasteiger partial charge is 0.335 e. The molecule has 3 aromatic heterocycles. The highest BCUT2D eigenvalue weighted by atomic mass is 79.9. The van der Waals surface area contributed by atoms with Gasteiger partial charge in [0.2, 0.25) is 24.3 Å². The van der Waals surface area contributed by atoms with Crippen LogP contribution in [0.5, 0.6) is 0 Å². The van der Waals surface area contributed by atoms with Gasteiger partial charge in [-0.15, -0.1) is 0 Å². The van der Waals surface area contributed by atoms with Crippen molar-refractivity contribution < 1.29 is 116 Å². The second-order valence-electron chi connectivity index (χ2n) is 33.2. The number of amides is 3. The molecule has 3 aliphatic heterocycles. The predicted octanol–water partition coefficient (Wildman–Crippen LogP) is 6.10. The maximum Gasteiger partial charge on any atom is 0.335 e. The lowest BCUT2D eigenvalue weighted by Crippen LogP contribution is -2.45. The van der Waals surface area contributed by atoms with Crippen LogP contribution in [0.15, 0.2) is 77.7 Å². The Labute approximate surface area is 761 Å². The lowest BCUT2D eigenvalue weighted by Gasteiger charge is -2.38. The summed E-state index contributed by atoms with van der Waals surface area (Å²) in [7, 11) is -1.71. The van der Waals surface area contributed by atoms with E-state index in [4.69, 9.17) is 53.9 Å². The molecule has 0 spiro atoms. The number of nitrogens with zero attached hydrogens (tertiary/aromatic N) is 9. The van der Waals surface area contributed by atoms with Crippen molar-refractivity contribution in [3.8, 4) is 0 Å². The van der Waals surface area contributed by atoms with Crippen LogP contribution in [0.25, 0.3) is 4.85 Å². The van der Waals surface area contributed by atoms with E-state index in [-0.39, 0.29) is 61.2 Å². The third-order valence-electron chi connectivity index (χ3n) is 20.0. The highest BCUT2D eigenvalue weighted by Crippen LogP contribution is 2.61. The number of alkyl halides is 7. The summed E-state index contributed by atoms with van der Waals surface area (Å²) in [5, 5.41) is 26.0. The minimum absolute atomic E-state index is 0.0134. The van der Waals surface area contributed by atoms with Crippen LogP contribution in [0.1, 0.15) is 102 Å². The van der Waals surface area contributed by atoms with E-state index in [9.17, 15) is 84.3 Å². The molecule has 0 saturated carbocycles. The number of halogens is 7. The number of likely N-dealkylation sites (N-methyl/N-ethyl adjacent to an activating group) is 3. The quantitative estimate of drug-likeness (QED) is 0.00657. The van der Waals surface area contributed by atoms with Crippen LogP contribution in [0.3, 0.4) is 0 Å². The Bertz CT molecular complexity index is 4830. The highest BCUT2D eigenvalue weighted by molar-refractivity contribution is 9.09. The van der Waals surface area contributed by atoms with Crippen molar-refractivity contribution in [2.45, 2.75) is 192 Å². The van der Waals surface area contributed by atoms with Gasteiger partial charge in [-0.2, -0.15) is 26.3 Å². The number of rotatable bonds is 44. The zero-order valence-corrected chi connectivity index (χ0v) is 82.8. The second-order valence-corrected chi connectivity index (χ2v) is 45.2. The predicted molar refractivity (Wildman–Crippen MR) is 481 cm³/mol. The lowest BCUT2D eigenvalue weighted by atomic mass is 9.98. The van der Waals surface area contributed by atoms with Crippen LogP contribution in [-0.4, -0.2) is 333 Å². The van der Waals surface area contributed by atoms with Gasteiger partial charge >= 0.3 is 23.0 Å². The second kappa shape index (κ2) is 54.1. The van der Waals surface area contributed by atoms with E-state index in [2.05, 4.69) is 51.4 Å². The Balaban J connectivity index is 0.000000484. The van der Waals surface area contributed by atoms with Crippen LogP contribution in [0.2, 0.25) is 0 Å². The standard InChI is InChI=1S/C28H48F2N6O8P2.C28H41F2N4O7P.C19H31F2N4O7P.C4H7BrO2.CH4O/c1-18(2)36(19(3)4)45(42-14-12-31-6)44-23-21(15-28(29,30)46(9,10)40)43-26(35-16-20(5)25(38)33-27(35)39)24(23)41-17-22(37)32-11-13-34(7)8;1-19-15-33(27(37)34(25(19)36)18-39-16-21-10-8-7-9-11-21)26-24(40-17-23(35)31-12-13-32(3)4)20(2)22(41-26)14-28(29,30)42(5,6)38;1-11-9-25(18(29)23-16(11)28)17-15(31-10-13(26)22-6-7-24(2)3)14(27)12(32-17)8-19(20,21)33(4,5)30;1-2-7-4(6)3-5;1-2/h16,18-19,21,23-24,26H,11-15,17H2,1-5,7-10H3,(H,32,37)(H,33,38,39);7-11,15,20,22,24,26H,12-14,16-18H2,1-6H3,(H,31,35);9,12,14-15,17,27H,6-8,10H2,1-5H3,(H,22,26)(H,23,28,29);2-3H2,1H3;2H,1H3/t21-,23-,24-,26-,45?;20-,22-,24-,26-;12-,14-,15-,17-;;/m111../s1. The minimum Gasteiger partial charge on any atom is -0.465 e. The third kappa shape index (κ3) is 36.1. The monoisotopic (exact) mass is 2000 g/mol. The fraction of sp³-hybridized carbons (Fsp3) is 0.713. The molecule has 13 atom stereocenters. The number of aliphatic hydroxyl groups excluding tert-OH is 2. The Morgan fingerprint density at radius 2 is 1.00 bits per heavy atom. The number of benzene rings is 1. The SMILES string of the molecule is CCOC(=O)CBr.CO.Cc1cn([C@@H]2O[C@H](CC(F)(F)P(C)(C)=O)[C@@H](C)[C@H]2OCC(=O)NCCN(C)C)c(=O)n(COCc2ccccc2)c1=O.Cc1cn([C@@H]2O[C@H](CC(F)(F)P(C)(C)=O)[C@@H](O)[C@H]2OCC(=O)NCCN(C)C)c(=O)[nH]c1=O.[C-]#[N+]CCOP(O[C@H]1[C@@H](OCC(=O)NCCN(C)C)[C@H](n2cc(C)c(=O)[nH]c2=O)O[C@@H]1CC(F)(F)P(C)(C)=O)N(C(C)C)C(C)C. The molecule has 740 valence electrons. The number of aromatic nitrogens is 6. The third-order valence-corrected chi connectivity index (χ3v) is 27.8. The maximum absolute atomic E-state index is 15.4. The normalized spacial score (nSPS) is 20.9. The summed E-state index contributed by atoms with van der Waals surface area (Å²) in [5.74, 6) is -2.38. The number of carbonyl (C=O) groups is 4. The highest BCUT2D eigenvalue weighted by Gasteiger charge is 2.58. The molecule has 3 fully saturated rings. The zero-order valence-electron chi connectivity index (χ0n) is 77.7. The molecule has 7 N–H and O–H groups in total. The van der Waals surface area contributed by atoms with Gasteiger partial charge in [-0.3, -0.25) is 57.2 Å². The van der Waals surface area contributed by atoms with E-state index in [1.807, 2.05) is 120 Å². The van der Waals surface area contributed by atoms with Crippen molar-refractivity contribution in [3.05, 3.63) is 145 Å². The minimum atomic E-state index is -4.00. The van der Waals surface area contributed by atoms with Crippen molar-refractivity contribution >= 4 is 69.6 Å². The maximum atomic E-state index is 15.4. The summed E-state index contributed by atoms with van der Waals surface area (Å²) in [6, 6.07) is 8.91. The summed E-state index contributed by atoms with van der Waals surface area (Å²) < 4.78 is 190. The molecule has 4 aromatic rings. The summed E-state index contributed by atoms with van der Waals surface area (Å²) in [6.07, 6.45) is -14.4. The first-order valence-corrected chi connectivity index (χ1v) is 51.4. The number of aryl methyl sites for hydroxylation is 3. The van der Waals surface area contributed by atoms with Gasteiger partial charge < -0.3 is 106 Å². The van der Waals surface area contributed by atoms with E-state index >= 15 is 8.78 Å². The summed E-state index contributed by atoms with van der Waals surface area (Å²) in [6.45, 7) is 29.9. The van der Waals surface area contributed by atoms with Crippen molar-refractivity contribution in [3.63, 3.8) is 0 Å². The molecule has 39 nitrogen and oxygen atoms in total. The summed E-state index contributed by atoms with van der Waals surface area (Å²) >= 11 is 2.94. The molecule has 1 unspecified atom stereocenters. The molecular formula is C80H131BrF6N14O25P4.